The van der Waals surface area contributed by atoms with Gasteiger partial charge in [0.15, 0.2) is 0 Å². The monoisotopic (exact) mass is 367 g/mol. The van der Waals surface area contributed by atoms with Gasteiger partial charge in [0.1, 0.15) is 0 Å². The summed E-state index contributed by atoms with van der Waals surface area (Å²) >= 11 is 0. The van der Waals surface area contributed by atoms with Gasteiger partial charge in [-0.05, 0) is 69.2 Å². The molecule has 2 saturated heterocycles. The summed E-state index contributed by atoms with van der Waals surface area (Å²) in [7, 11) is 2.01. The number of fused-ring (bicyclic) bond motifs is 2. The van der Waals surface area contributed by atoms with E-state index < -0.39 is 0 Å². The molecule has 2 aromatic rings. The smallest absolute Gasteiger partial charge is 0.222 e. The van der Waals surface area contributed by atoms with Crippen molar-refractivity contribution in [3.63, 3.8) is 0 Å². The second-order valence-corrected chi connectivity index (χ2v) is 8.49. The van der Waals surface area contributed by atoms with E-state index >= 15 is 0 Å². The van der Waals surface area contributed by atoms with E-state index in [0.717, 1.165) is 19.4 Å². The van der Waals surface area contributed by atoms with E-state index in [-0.39, 0.29) is 0 Å². The zero-order valence-corrected chi connectivity index (χ0v) is 16.6. The number of hydrogen-bond donors (Lipinski definition) is 1. The number of para-hydroxylation sites is 1. The third kappa shape index (κ3) is 4.21. The first-order chi connectivity index (χ1) is 13.2. The average Bonchev–Trinajstić information content (AvgIpc) is 3.11. The number of H-pyrrole nitrogens is 1. The molecule has 1 aromatic carbocycles. The summed E-state index contributed by atoms with van der Waals surface area (Å²) in [5, 5.41) is 1.29. The number of carbonyl (C=O) groups excluding carboxylic acids is 1. The van der Waals surface area contributed by atoms with Crippen molar-refractivity contribution >= 4 is 16.8 Å². The minimum absolute atomic E-state index is 0.308. The number of benzene rings is 1. The van der Waals surface area contributed by atoms with Crippen LogP contribution >= 0.6 is 0 Å². The number of carbonyl (C=O) groups is 1. The van der Waals surface area contributed by atoms with Crippen LogP contribution in [0.25, 0.3) is 10.9 Å². The van der Waals surface area contributed by atoms with Crippen LogP contribution in [-0.4, -0.2) is 53.4 Å². The molecule has 4 heteroatoms. The van der Waals surface area contributed by atoms with Crippen LogP contribution in [0, 0.1) is 5.92 Å². The summed E-state index contributed by atoms with van der Waals surface area (Å²) in [4.78, 5) is 20.7. The van der Waals surface area contributed by atoms with Crippen molar-refractivity contribution in [3.05, 3.63) is 36.0 Å². The van der Waals surface area contributed by atoms with Crippen LogP contribution in [0.1, 0.15) is 50.5 Å². The van der Waals surface area contributed by atoms with E-state index in [1.165, 1.54) is 61.7 Å². The van der Waals surface area contributed by atoms with Gasteiger partial charge in [-0.3, -0.25) is 4.79 Å². The number of nitrogens with one attached hydrogen (secondary N) is 1. The molecule has 1 amide bonds. The van der Waals surface area contributed by atoms with E-state index in [2.05, 4.69) is 40.3 Å². The van der Waals surface area contributed by atoms with E-state index in [1.807, 2.05) is 11.9 Å². The van der Waals surface area contributed by atoms with Gasteiger partial charge in [0, 0.05) is 43.2 Å². The maximum Gasteiger partial charge on any atom is 0.222 e. The van der Waals surface area contributed by atoms with Crippen LogP contribution in [0.2, 0.25) is 0 Å². The molecule has 146 valence electrons. The Morgan fingerprint density at radius 3 is 2.96 bits per heavy atom. The summed E-state index contributed by atoms with van der Waals surface area (Å²) in [6.45, 7) is 3.47. The number of nitrogens with zero attached hydrogens (tertiary/aromatic N) is 2. The van der Waals surface area contributed by atoms with Crippen LogP contribution < -0.4 is 0 Å². The number of piperidine rings is 2. The lowest BCUT2D eigenvalue weighted by atomic mass is 9.83. The second-order valence-electron chi connectivity index (χ2n) is 8.49. The van der Waals surface area contributed by atoms with E-state index in [9.17, 15) is 4.79 Å². The maximum atomic E-state index is 12.7. The van der Waals surface area contributed by atoms with Crippen LogP contribution in [0.3, 0.4) is 0 Å². The standard InChI is InChI=1S/C23H33N3O/c1-25(17-19-9-7-15-26-14-5-4-12-22(19)26)23(27)13-6-8-18-16-24-21-11-3-2-10-20(18)21/h2-3,10-11,16,19,22,24H,4-9,12-15,17H2,1H3. The molecule has 2 aliphatic heterocycles. The SMILES string of the molecule is CN(CC1CCCN2CCCCC12)C(=O)CCCc1c[nH]c2ccccc12. The highest BCUT2D eigenvalue weighted by Gasteiger charge is 2.33. The van der Waals surface area contributed by atoms with Gasteiger partial charge >= 0.3 is 0 Å². The Bertz CT molecular complexity index is 766. The maximum absolute atomic E-state index is 12.7. The molecule has 1 aromatic heterocycles. The Balaban J connectivity index is 1.26. The van der Waals surface area contributed by atoms with Crippen molar-refractivity contribution in [2.45, 2.75) is 57.4 Å². The molecule has 0 spiro atoms. The Morgan fingerprint density at radius 2 is 2.04 bits per heavy atom. The van der Waals surface area contributed by atoms with Crippen LogP contribution in [0.4, 0.5) is 0 Å². The number of aromatic amines is 1. The van der Waals surface area contributed by atoms with Gasteiger partial charge in [-0.2, -0.15) is 0 Å². The molecule has 0 radical (unpaired) electrons. The number of hydrogen-bond acceptors (Lipinski definition) is 2. The molecule has 2 atom stereocenters. The minimum atomic E-state index is 0.308. The fourth-order valence-corrected chi connectivity index (χ4v) is 5.20. The van der Waals surface area contributed by atoms with Gasteiger partial charge < -0.3 is 14.8 Å². The van der Waals surface area contributed by atoms with Crippen molar-refractivity contribution in [1.82, 2.24) is 14.8 Å². The molecule has 27 heavy (non-hydrogen) atoms. The van der Waals surface area contributed by atoms with Crippen molar-refractivity contribution in [1.29, 1.82) is 0 Å². The van der Waals surface area contributed by atoms with E-state index in [1.54, 1.807) is 0 Å². The third-order valence-corrected chi connectivity index (χ3v) is 6.67. The number of aryl methyl sites for hydroxylation is 1. The van der Waals surface area contributed by atoms with Gasteiger partial charge in [-0.15, -0.1) is 0 Å². The molecule has 2 fully saturated rings. The van der Waals surface area contributed by atoms with Gasteiger partial charge in [-0.1, -0.05) is 24.6 Å². The van der Waals surface area contributed by atoms with Gasteiger partial charge in [0.25, 0.3) is 0 Å². The van der Waals surface area contributed by atoms with Crippen molar-refractivity contribution < 1.29 is 4.79 Å². The third-order valence-electron chi connectivity index (χ3n) is 6.67. The Kier molecular flexibility index (Phi) is 5.82. The molecule has 0 bridgehead atoms. The summed E-state index contributed by atoms with van der Waals surface area (Å²) in [6, 6.07) is 9.12. The lowest BCUT2D eigenvalue weighted by Gasteiger charge is -2.45. The van der Waals surface area contributed by atoms with Crippen molar-refractivity contribution in [3.8, 4) is 0 Å². The van der Waals surface area contributed by atoms with Gasteiger partial charge in [0.05, 0.1) is 0 Å². The zero-order chi connectivity index (χ0) is 18.6. The van der Waals surface area contributed by atoms with Crippen LogP contribution in [0.15, 0.2) is 30.5 Å². The highest BCUT2D eigenvalue weighted by Crippen LogP contribution is 2.31. The Morgan fingerprint density at radius 1 is 1.19 bits per heavy atom. The zero-order valence-electron chi connectivity index (χ0n) is 16.6. The molecule has 3 heterocycles. The summed E-state index contributed by atoms with van der Waals surface area (Å²) in [6.07, 6.45) is 11.3. The van der Waals surface area contributed by atoms with E-state index in [4.69, 9.17) is 0 Å². The second kappa shape index (κ2) is 8.47. The molecular weight excluding hydrogens is 334 g/mol. The predicted octanol–water partition coefficient (Wildman–Crippen LogP) is 4.21. The highest BCUT2D eigenvalue weighted by atomic mass is 16.2. The van der Waals surface area contributed by atoms with E-state index in [0.29, 0.717) is 24.3 Å². The highest BCUT2D eigenvalue weighted by molar-refractivity contribution is 5.83. The van der Waals surface area contributed by atoms with Gasteiger partial charge in [-0.25, -0.2) is 0 Å². The predicted molar refractivity (Wildman–Crippen MR) is 111 cm³/mol. The fourth-order valence-electron chi connectivity index (χ4n) is 5.20. The quantitative estimate of drug-likeness (QED) is 0.830. The molecule has 0 aliphatic carbocycles. The Hall–Kier alpha value is -1.81. The topological polar surface area (TPSA) is 39.3 Å². The summed E-state index contributed by atoms with van der Waals surface area (Å²) in [5.74, 6) is 0.976. The first-order valence-corrected chi connectivity index (χ1v) is 10.8. The molecule has 1 N–H and O–H groups in total. The first-order valence-electron chi connectivity index (χ1n) is 10.8. The van der Waals surface area contributed by atoms with Gasteiger partial charge in [0.2, 0.25) is 5.91 Å². The summed E-state index contributed by atoms with van der Waals surface area (Å²) < 4.78 is 0. The minimum Gasteiger partial charge on any atom is -0.361 e. The Labute approximate surface area is 162 Å². The number of rotatable bonds is 6. The molecule has 0 saturated carbocycles. The fraction of sp³-hybridized carbons (Fsp3) is 0.609. The lowest BCUT2D eigenvalue weighted by molar-refractivity contribution is -0.131. The molecular formula is C23H33N3O. The molecule has 2 unspecified atom stereocenters. The molecule has 4 nitrogen and oxygen atoms in total. The molecule has 2 aliphatic rings. The van der Waals surface area contributed by atoms with Crippen molar-refractivity contribution in [2.24, 2.45) is 5.92 Å². The first kappa shape index (κ1) is 18.5. The van der Waals surface area contributed by atoms with Crippen LogP contribution in [-0.2, 0) is 11.2 Å². The largest absolute Gasteiger partial charge is 0.361 e. The average molecular weight is 368 g/mol. The summed E-state index contributed by atoms with van der Waals surface area (Å²) in [5.41, 5.74) is 2.51. The number of amides is 1. The van der Waals surface area contributed by atoms with Crippen molar-refractivity contribution in [2.75, 3.05) is 26.7 Å². The van der Waals surface area contributed by atoms with Crippen LogP contribution in [0.5, 0.6) is 0 Å². The number of aromatic nitrogens is 1. The lowest BCUT2D eigenvalue weighted by Crippen LogP contribution is -2.51. The molecule has 4 rings (SSSR count). The normalized spacial score (nSPS) is 23.3.